The van der Waals surface area contributed by atoms with Gasteiger partial charge in [-0.05, 0) is 105 Å². The summed E-state index contributed by atoms with van der Waals surface area (Å²) < 4.78 is 6.12. The Bertz CT molecular complexity index is 2810. The Morgan fingerprint density at radius 2 is 1.00 bits per heavy atom. The molecule has 0 fully saturated rings. The van der Waals surface area contributed by atoms with Crippen LogP contribution in [0.4, 0.5) is 17.1 Å². The minimum absolute atomic E-state index is 0.0194. The summed E-state index contributed by atoms with van der Waals surface area (Å²) in [6.07, 6.45) is 0. The molecular weight excluding hydrogens is 643 g/mol. The Hall–Kier alpha value is -6.64. The molecule has 9 aromatic rings. The Kier molecular flexibility index (Phi) is 7.19. The monoisotopic (exact) mass is 679 g/mol. The number of anilines is 3. The molecule has 0 radical (unpaired) electrons. The lowest BCUT2D eigenvalue weighted by Gasteiger charge is -2.28. The molecule has 53 heavy (non-hydrogen) atoms. The zero-order valence-corrected chi connectivity index (χ0v) is 29.8. The molecule has 0 atom stereocenters. The summed E-state index contributed by atoms with van der Waals surface area (Å²) in [5.41, 5.74) is 17.7. The van der Waals surface area contributed by atoms with Crippen LogP contribution in [0.25, 0.3) is 66.4 Å². The first-order chi connectivity index (χ1) is 26.0. The maximum atomic E-state index is 6.12. The van der Waals surface area contributed by atoms with Crippen molar-refractivity contribution in [2.45, 2.75) is 19.3 Å². The third-order valence-corrected chi connectivity index (χ3v) is 11.1. The first kappa shape index (κ1) is 31.1. The van der Waals surface area contributed by atoms with E-state index in [1.807, 2.05) is 12.1 Å². The van der Waals surface area contributed by atoms with Crippen molar-refractivity contribution in [1.29, 1.82) is 0 Å². The number of nitrogens with zero attached hydrogens (tertiary/aromatic N) is 1. The molecule has 0 saturated heterocycles. The number of benzene rings is 8. The molecule has 10 rings (SSSR count). The van der Waals surface area contributed by atoms with Gasteiger partial charge in [0.25, 0.3) is 0 Å². The third kappa shape index (κ3) is 5.18. The molecule has 1 aliphatic carbocycles. The van der Waals surface area contributed by atoms with Crippen LogP contribution in [0.3, 0.4) is 0 Å². The molecule has 0 saturated carbocycles. The fraction of sp³-hybridized carbons (Fsp3) is 0.0588. The van der Waals surface area contributed by atoms with E-state index in [2.05, 4.69) is 195 Å². The van der Waals surface area contributed by atoms with Gasteiger partial charge >= 0.3 is 0 Å². The minimum atomic E-state index is -0.0194. The molecular formula is C51H37NO. The number of hydrogen-bond acceptors (Lipinski definition) is 2. The van der Waals surface area contributed by atoms with Crippen molar-refractivity contribution >= 4 is 39.0 Å². The quantitative estimate of drug-likeness (QED) is 0.174. The highest BCUT2D eigenvalue weighted by Crippen LogP contribution is 2.50. The highest BCUT2D eigenvalue weighted by Gasteiger charge is 2.35. The van der Waals surface area contributed by atoms with E-state index in [9.17, 15) is 0 Å². The van der Waals surface area contributed by atoms with Gasteiger partial charge in [0.2, 0.25) is 0 Å². The SMILES string of the molecule is CC1(C)c2ccccc2-c2cc(-c3cccc(N(c4ccc(-c5ccc6oc7ccccc7c6c5)cc4)c4ccccc4-c4ccccc4)c3)ccc21. The van der Waals surface area contributed by atoms with Crippen molar-refractivity contribution in [3.63, 3.8) is 0 Å². The van der Waals surface area contributed by atoms with Crippen LogP contribution in [0.1, 0.15) is 25.0 Å². The van der Waals surface area contributed by atoms with Gasteiger partial charge in [-0.15, -0.1) is 0 Å². The van der Waals surface area contributed by atoms with Crippen molar-refractivity contribution < 1.29 is 4.42 Å². The number of hydrogen-bond donors (Lipinski definition) is 0. The molecule has 0 spiro atoms. The van der Waals surface area contributed by atoms with Crippen LogP contribution in [-0.2, 0) is 5.41 Å². The van der Waals surface area contributed by atoms with E-state index in [1.54, 1.807) is 0 Å². The topological polar surface area (TPSA) is 16.4 Å². The normalized spacial score (nSPS) is 12.9. The lowest BCUT2D eigenvalue weighted by atomic mass is 9.82. The first-order valence-corrected chi connectivity index (χ1v) is 18.3. The molecule has 1 heterocycles. The van der Waals surface area contributed by atoms with Crippen LogP contribution >= 0.6 is 0 Å². The molecule has 1 aliphatic rings. The van der Waals surface area contributed by atoms with E-state index in [0.29, 0.717) is 0 Å². The predicted octanol–water partition coefficient (Wildman–Crippen LogP) is 14.4. The van der Waals surface area contributed by atoms with Gasteiger partial charge in [-0.2, -0.15) is 0 Å². The van der Waals surface area contributed by atoms with E-state index < -0.39 is 0 Å². The minimum Gasteiger partial charge on any atom is -0.456 e. The Morgan fingerprint density at radius 3 is 1.87 bits per heavy atom. The van der Waals surface area contributed by atoms with Gasteiger partial charge < -0.3 is 9.32 Å². The van der Waals surface area contributed by atoms with Crippen LogP contribution < -0.4 is 4.90 Å². The lowest BCUT2D eigenvalue weighted by Crippen LogP contribution is -2.14. The van der Waals surface area contributed by atoms with E-state index in [4.69, 9.17) is 4.42 Å². The van der Waals surface area contributed by atoms with Gasteiger partial charge in [0.05, 0.1) is 5.69 Å². The highest BCUT2D eigenvalue weighted by atomic mass is 16.3. The summed E-state index contributed by atoms with van der Waals surface area (Å²) in [7, 11) is 0. The third-order valence-electron chi connectivity index (χ3n) is 11.1. The molecule has 0 aliphatic heterocycles. The molecule has 0 bridgehead atoms. The standard InChI is InChI=1S/C51H37NO/c1-51(2)46-20-9-6-18-42(46)44-32-38(25-29-47(44)51)36-15-12-16-40(31-36)52(48-21-10-7-17-41(48)35-13-4-3-5-14-35)39-27-23-34(24-28-39)37-26-30-50-45(33-37)43-19-8-11-22-49(43)53-50/h3-33H,1-2H3. The van der Waals surface area contributed by atoms with E-state index in [-0.39, 0.29) is 5.41 Å². The maximum absolute atomic E-state index is 6.12. The second kappa shape index (κ2) is 12.3. The second-order valence-electron chi connectivity index (χ2n) is 14.6. The van der Waals surface area contributed by atoms with Crippen molar-refractivity contribution in [2.24, 2.45) is 0 Å². The average molecular weight is 680 g/mol. The average Bonchev–Trinajstić information content (AvgIpc) is 3.70. The van der Waals surface area contributed by atoms with Crippen molar-refractivity contribution in [2.75, 3.05) is 4.90 Å². The lowest BCUT2D eigenvalue weighted by molar-refractivity contribution is 0.660. The number of rotatable bonds is 6. The van der Waals surface area contributed by atoms with Crippen molar-refractivity contribution in [1.82, 2.24) is 0 Å². The molecule has 8 aromatic carbocycles. The molecule has 2 nitrogen and oxygen atoms in total. The Morgan fingerprint density at radius 1 is 0.377 bits per heavy atom. The summed E-state index contributed by atoms with van der Waals surface area (Å²) >= 11 is 0. The van der Waals surface area contributed by atoms with Crippen molar-refractivity contribution in [3.05, 3.63) is 199 Å². The van der Waals surface area contributed by atoms with Gasteiger partial charge in [0, 0.05) is 33.1 Å². The predicted molar refractivity (Wildman–Crippen MR) is 222 cm³/mol. The zero-order chi connectivity index (χ0) is 35.5. The number of furan rings is 1. The van der Waals surface area contributed by atoms with Crippen LogP contribution in [0.15, 0.2) is 192 Å². The summed E-state index contributed by atoms with van der Waals surface area (Å²) in [5.74, 6) is 0. The van der Waals surface area contributed by atoms with E-state index in [1.165, 1.54) is 44.5 Å². The van der Waals surface area contributed by atoms with Gasteiger partial charge in [-0.3, -0.25) is 0 Å². The molecule has 0 amide bonds. The van der Waals surface area contributed by atoms with Crippen LogP contribution in [0, 0.1) is 0 Å². The van der Waals surface area contributed by atoms with Crippen molar-refractivity contribution in [3.8, 4) is 44.5 Å². The van der Waals surface area contributed by atoms with E-state index >= 15 is 0 Å². The summed E-state index contributed by atoms with van der Waals surface area (Å²) in [4.78, 5) is 2.40. The van der Waals surface area contributed by atoms with Crippen LogP contribution in [0.5, 0.6) is 0 Å². The van der Waals surface area contributed by atoms with Gasteiger partial charge in [-0.25, -0.2) is 0 Å². The molecule has 0 N–H and O–H groups in total. The first-order valence-electron chi connectivity index (χ1n) is 18.3. The molecule has 252 valence electrons. The second-order valence-corrected chi connectivity index (χ2v) is 14.6. The molecule has 1 aromatic heterocycles. The maximum Gasteiger partial charge on any atom is 0.135 e. The summed E-state index contributed by atoms with van der Waals surface area (Å²) in [5, 5.41) is 2.27. The smallest absolute Gasteiger partial charge is 0.135 e. The van der Waals surface area contributed by atoms with Crippen LogP contribution in [0.2, 0.25) is 0 Å². The van der Waals surface area contributed by atoms with Gasteiger partial charge in [-0.1, -0.05) is 147 Å². The molecule has 0 unspecified atom stereocenters. The largest absolute Gasteiger partial charge is 0.456 e. The Balaban J connectivity index is 1.09. The summed E-state index contributed by atoms with van der Waals surface area (Å²) in [6.45, 7) is 4.67. The number of fused-ring (bicyclic) bond motifs is 6. The highest BCUT2D eigenvalue weighted by molar-refractivity contribution is 6.06. The van der Waals surface area contributed by atoms with Gasteiger partial charge in [0.1, 0.15) is 11.2 Å². The fourth-order valence-corrected chi connectivity index (χ4v) is 8.39. The summed E-state index contributed by atoms with van der Waals surface area (Å²) in [6, 6.07) is 68.0. The van der Waals surface area contributed by atoms with Crippen LogP contribution in [-0.4, -0.2) is 0 Å². The Labute approximate surface area is 310 Å². The van der Waals surface area contributed by atoms with E-state index in [0.717, 1.165) is 50.1 Å². The zero-order valence-electron chi connectivity index (χ0n) is 29.8. The molecule has 2 heteroatoms. The van der Waals surface area contributed by atoms with Gasteiger partial charge in [0.15, 0.2) is 0 Å². The number of para-hydroxylation sites is 2. The fourth-order valence-electron chi connectivity index (χ4n) is 8.39.